The smallest absolute Gasteiger partial charge is 0.149 e. The minimum Gasteiger partial charge on any atom is -0.298 e. The zero-order valence-corrected chi connectivity index (χ0v) is 10.2. The van der Waals surface area contributed by atoms with E-state index in [0.717, 1.165) is 30.0 Å². The Morgan fingerprint density at radius 3 is 2.75 bits per heavy atom. The van der Waals surface area contributed by atoms with Crippen LogP contribution >= 0.6 is 11.6 Å². The third-order valence-corrected chi connectivity index (χ3v) is 3.23. The molecule has 2 nitrogen and oxygen atoms in total. The molecule has 0 N–H and O–H groups in total. The molecule has 1 aliphatic rings. The van der Waals surface area contributed by atoms with Crippen LogP contribution in [0.2, 0.25) is 5.02 Å². The Bertz CT molecular complexity index is 387. The van der Waals surface area contributed by atoms with Crippen molar-refractivity contribution < 1.29 is 4.79 Å². The Morgan fingerprint density at radius 1 is 1.44 bits per heavy atom. The number of halogens is 1. The van der Waals surface area contributed by atoms with Crippen LogP contribution in [-0.2, 0) is 11.3 Å². The molecule has 0 aliphatic heterocycles. The van der Waals surface area contributed by atoms with E-state index in [-0.39, 0.29) is 0 Å². The van der Waals surface area contributed by atoms with Gasteiger partial charge in [0.1, 0.15) is 5.78 Å². The highest BCUT2D eigenvalue weighted by Gasteiger charge is 2.29. The van der Waals surface area contributed by atoms with Crippen molar-refractivity contribution in [2.75, 3.05) is 13.6 Å². The Labute approximate surface area is 101 Å². The van der Waals surface area contributed by atoms with Crippen molar-refractivity contribution in [3.05, 3.63) is 34.9 Å². The molecule has 1 aromatic carbocycles. The Balaban J connectivity index is 1.89. The molecular weight excluding hydrogens is 222 g/mol. The number of carbonyl (C=O) groups excluding carboxylic acids is 1. The first-order valence-electron chi connectivity index (χ1n) is 5.61. The monoisotopic (exact) mass is 237 g/mol. The van der Waals surface area contributed by atoms with Crippen molar-refractivity contribution in [3.8, 4) is 0 Å². The van der Waals surface area contributed by atoms with Gasteiger partial charge < -0.3 is 0 Å². The predicted octanol–water partition coefficient (Wildman–Crippen LogP) is 2.75. The summed E-state index contributed by atoms with van der Waals surface area (Å²) >= 11 is 6.07. The van der Waals surface area contributed by atoms with Crippen LogP contribution in [0.1, 0.15) is 18.4 Å². The fourth-order valence-electron chi connectivity index (χ4n) is 1.77. The summed E-state index contributed by atoms with van der Waals surface area (Å²) < 4.78 is 0. The van der Waals surface area contributed by atoms with E-state index in [1.54, 1.807) is 0 Å². The molecule has 0 bridgehead atoms. The van der Waals surface area contributed by atoms with Gasteiger partial charge in [0.2, 0.25) is 0 Å². The molecule has 2 rings (SSSR count). The average Bonchev–Trinajstić information content (AvgIpc) is 3.04. The van der Waals surface area contributed by atoms with Crippen molar-refractivity contribution in [2.45, 2.75) is 19.4 Å². The zero-order valence-electron chi connectivity index (χ0n) is 9.45. The lowest BCUT2D eigenvalue weighted by Crippen LogP contribution is -2.26. The first-order valence-corrected chi connectivity index (χ1v) is 5.99. The van der Waals surface area contributed by atoms with E-state index >= 15 is 0 Å². The molecule has 0 amide bonds. The van der Waals surface area contributed by atoms with Gasteiger partial charge in [-0.05, 0) is 31.5 Å². The summed E-state index contributed by atoms with van der Waals surface area (Å²) in [6.07, 6.45) is 2.16. The molecule has 16 heavy (non-hydrogen) atoms. The van der Waals surface area contributed by atoms with Gasteiger partial charge in [0, 0.05) is 17.5 Å². The molecule has 1 saturated carbocycles. The third-order valence-electron chi connectivity index (χ3n) is 2.86. The van der Waals surface area contributed by atoms with Crippen LogP contribution in [0.15, 0.2) is 24.3 Å². The van der Waals surface area contributed by atoms with E-state index in [4.69, 9.17) is 11.6 Å². The number of hydrogen-bond acceptors (Lipinski definition) is 2. The molecular formula is C13H16ClNO. The molecule has 0 saturated heterocycles. The number of nitrogens with zero attached hydrogens (tertiary/aromatic N) is 1. The van der Waals surface area contributed by atoms with E-state index in [9.17, 15) is 4.79 Å². The van der Waals surface area contributed by atoms with Crippen LogP contribution in [0.3, 0.4) is 0 Å². The molecule has 1 aromatic rings. The maximum atomic E-state index is 11.6. The second-order valence-corrected chi connectivity index (χ2v) is 4.91. The molecule has 3 heteroatoms. The highest BCUT2D eigenvalue weighted by Crippen LogP contribution is 2.30. The molecule has 0 aromatic heterocycles. The van der Waals surface area contributed by atoms with E-state index in [2.05, 4.69) is 0 Å². The third kappa shape index (κ3) is 3.06. The molecule has 1 aliphatic carbocycles. The number of rotatable bonds is 5. The zero-order chi connectivity index (χ0) is 11.5. The van der Waals surface area contributed by atoms with Gasteiger partial charge in [0.05, 0.1) is 6.54 Å². The number of Topliss-reactive ketones (excluding diaryl/α,β-unsaturated/α-hetero) is 1. The molecule has 0 heterocycles. The summed E-state index contributed by atoms with van der Waals surface area (Å²) in [6, 6.07) is 7.77. The number of ketones is 1. The second kappa shape index (κ2) is 4.98. The van der Waals surface area contributed by atoms with E-state index < -0.39 is 0 Å². The fourth-order valence-corrected chi connectivity index (χ4v) is 1.97. The maximum Gasteiger partial charge on any atom is 0.149 e. The molecule has 0 unspecified atom stereocenters. The van der Waals surface area contributed by atoms with Gasteiger partial charge >= 0.3 is 0 Å². The van der Waals surface area contributed by atoms with Crippen molar-refractivity contribution in [1.82, 2.24) is 4.90 Å². The minimum atomic E-state index is 0.341. The van der Waals surface area contributed by atoms with Crippen LogP contribution in [0.4, 0.5) is 0 Å². The summed E-state index contributed by atoms with van der Waals surface area (Å²) in [5.41, 5.74) is 1.08. The highest BCUT2D eigenvalue weighted by molar-refractivity contribution is 6.31. The molecule has 0 spiro atoms. The first kappa shape index (κ1) is 11.6. The second-order valence-electron chi connectivity index (χ2n) is 4.50. The Hall–Kier alpha value is -0.860. The number of hydrogen-bond donors (Lipinski definition) is 0. The minimum absolute atomic E-state index is 0.341. The van der Waals surface area contributed by atoms with E-state index in [0.29, 0.717) is 18.2 Å². The number of carbonyl (C=O) groups is 1. The molecule has 1 fully saturated rings. The predicted molar refractivity (Wildman–Crippen MR) is 65.5 cm³/mol. The highest BCUT2D eigenvalue weighted by atomic mass is 35.5. The molecule has 0 radical (unpaired) electrons. The molecule has 86 valence electrons. The van der Waals surface area contributed by atoms with Gasteiger partial charge in [0.25, 0.3) is 0 Å². The van der Waals surface area contributed by atoms with Crippen LogP contribution in [0.5, 0.6) is 0 Å². The summed E-state index contributed by atoms with van der Waals surface area (Å²) in [7, 11) is 1.96. The van der Waals surface area contributed by atoms with Gasteiger partial charge in [-0.3, -0.25) is 9.69 Å². The summed E-state index contributed by atoms with van der Waals surface area (Å²) in [5.74, 6) is 0.711. The van der Waals surface area contributed by atoms with Gasteiger partial charge in [-0.1, -0.05) is 29.8 Å². The van der Waals surface area contributed by atoms with Crippen LogP contribution in [0.25, 0.3) is 0 Å². The van der Waals surface area contributed by atoms with Crippen molar-refractivity contribution >= 4 is 17.4 Å². The van der Waals surface area contributed by atoms with Crippen LogP contribution in [-0.4, -0.2) is 24.3 Å². The molecule has 0 atom stereocenters. The summed E-state index contributed by atoms with van der Waals surface area (Å²) in [5, 5.41) is 0.772. The van der Waals surface area contributed by atoms with Crippen molar-refractivity contribution in [2.24, 2.45) is 5.92 Å². The van der Waals surface area contributed by atoms with Gasteiger partial charge in [0.15, 0.2) is 0 Å². The quantitative estimate of drug-likeness (QED) is 0.785. The standard InChI is InChI=1S/C13H16ClNO/c1-15(9-13(16)10-6-7-10)8-11-4-2-3-5-12(11)14/h2-5,10H,6-9H2,1H3. The lowest BCUT2D eigenvalue weighted by atomic mass is 10.2. The SMILES string of the molecule is CN(CC(=O)C1CC1)Cc1ccccc1Cl. The number of likely N-dealkylation sites (N-methyl/N-ethyl adjacent to an activating group) is 1. The van der Waals surface area contributed by atoms with Crippen molar-refractivity contribution in [3.63, 3.8) is 0 Å². The maximum absolute atomic E-state index is 11.6. The number of benzene rings is 1. The summed E-state index contributed by atoms with van der Waals surface area (Å²) in [6.45, 7) is 1.27. The van der Waals surface area contributed by atoms with Gasteiger partial charge in [-0.2, -0.15) is 0 Å². The lowest BCUT2D eigenvalue weighted by Gasteiger charge is -2.16. The largest absolute Gasteiger partial charge is 0.298 e. The Morgan fingerprint density at radius 2 is 2.12 bits per heavy atom. The topological polar surface area (TPSA) is 20.3 Å². The van der Waals surface area contributed by atoms with Gasteiger partial charge in [-0.15, -0.1) is 0 Å². The van der Waals surface area contributed by atoms with Crippen LogP contribution in [0, 0.1) is 5.92 Å². The van der Waals surface area contributed by atoms with E-state index in [1.165, 1.54) is 0 Å². The first-order chi connectivity index (χ1) is 7.66. The lowest BCUT2D eigenvalue weighted by molar-refractivity contribution is -0.121. The van der Waals surface area contributed by atoms with Crippen LogP contribution < -0.4 is 0 Å². The van der Waals surface area contributed by atoms with E-state index in [1.807, 2.05) is 36.2 Å². The fraction of sp³-hybridized carbons (Fsp3) is 0.462. The van der Waals surface area contributed by atoms with Gasteiger partial charge in [-0.25, -0.2) is 0 Å². The van der Waals surface area contributed by atoms with Crippen molar-refractivity contribution in [1.29, 1.82) is 0 Å². The summed E-state index contributed by atoms with van der Waals surface area (Å²) in [4.78, 5) is 13.6. The average molecular weight is 238 g/mol. The normalized spacial score (nSPS) is 15.4. The Kier molecular flexibility index (Phi) is 3.62.